The molecule has 0 bridgehead atoms. The van der Waals surface area contributed by atoms with E-state index in [9.17, 15) is 13.2 Å². The van der Waals surface area contributed by atoms with Gasteiger partial charge in [-0.2, -0.15) is 5.26 Å². The minimum absolute atomic E-state index is 0.0108. The van der Waals surface area contributed by atoms with Crippen LogP contribution in [-0.2, 0) is 14.8 Å². The van der Waals surface area contributed by atoms with Crippen LogP contribution in [0.5, 0.6) is 5.75 Å². The lowest BCUT2D eigenvalue weighted by atomic mass is 9.97. The first-order chi connectivity index (χ1) is 9.66. The van der Waals surface area contributed by atoms with Crippen LogP contribution in [0, 0.1) is 16.7 Å². The highest BCUT2D eigenvalue weighted by atomic mass is 32.2. The average molecular weight is 312 g/mol. The third-order valence-corrected chi connectivity index (χ3v) is 3.92. The number of nitrogens with one attached hydrogen (secondary N) is 1. The van der Waals surface area contributed by atoms with Gasteiger partial charge in [0.15, 0.2) is 6.61 Å². The zero-order valence-electron chi connectivity index (χ0n) is 11.7. The maximum atomic E-state index is 12.0. The molecule has 0 spiro atoms. The van der Waals surface area contributed by atoms with Crippen LogP contribution in [0.2, 0.25) is 0 Å². The zero-order chi connectivity index (χ0) is 16.1. The second-order valence-corrected chi connectivity index (χ2v) is 6.74. The molecule has 1 aromatic carbocycles. The second-order valence-electron chi connectivity index (χ2n) is 4.97. The highest BCUT2D eigenvalue weighted by molar-refractivity contribution is 7.89. The molecule has 1 aromatic rings. The molecule has 0 aliphatic rings. The average Bonchev–Trinajstić information content (AvgIpc) is 2.44. The van der Waals surface area contributed by atoms with Gasteiger partial charge in [-0.15, -0.1) is 0 Å². The summed E-state index contributed by atoms with van der Waals surface area (Å²) < 4.78 is 31.3. The van der Waals surface area contributed by atoms with Crippen molar-refractivity contribution < 1.29 is 23.1 Å². The summed E-state index contributed by atoms with van der Waals surface area (Å²) >= 11 is 0. The number of carbonyl (C=O) groups is 1. The molecule has 0 atom stereocenters. The van der Waals surface area contributed by atoms with E-state index in [-0.39, 0.29) is 17.2 Å². The summed E-state index contributed by atoms with van der Waals surface area (Å²) in [7, 11) is -3.72. The lowest BCUT2D eigenvalue weighted by molar-refractivity contribution is -0.139. The number of rotatable bonds is 7. The van der Waals surface area contributed by atoms with E-state index in [1.54, 1.807) is 13.8 Å². The molecule has 0 saturated carbocycles. The Morgan fingerprint density at radius 2 is 1.95 bits per heavy atom. The topological polar surface area (TPSA) is 116 Å². The molecule has 0 radical (unpaired) electrons. The molecule has 0 heterocycles. The van der Waals surface area contributed by atoms with Crippen molar-refractivity contribution in [3.05, 3.63) is 24.3 Å². The predicted octanol–water partition coefficient (Wildman–Crippen LogP) is 0.978. The van der Waals surface area contributed by atoms with Crippen molar-refractivity contribution in [3.63, 3.8) is 0 Å². The Balaban J connectivity index is 2.76. The Morgan fingerprint density at radius 1 is 1.38 bits per heavy atom. The second kappa shape index (κ2) is 6.56. The van der Waals surface area contributed by atoms with Gasteiger partial charge in [-0.25, -0.2) is 17.9 Å². The molecule has 0 amide bonds. The van der Waals surface area contributed by atoms with Gasteiger partial charge >= 0.3 is 5.97 Å². The summed E-state index contributed by atoms with van der Waals surface area (Å²) in [5.74, 6) is -0.860. The van der Waals surface area contributed by atoms with Gasteiger partial charge in [-0.1, -0.05) is 0 Å². The molecule has 0 aliphatic carbocycles. The van der Waals surface area contributed by atoms with E-state index in [2.05, 4.69) is 4.72 Å². The molecule has 0 aliphatic heterocycles. The van der Waals surface area contributed by atoms with Gasteiger partial charge in [-0.05, 0) is 38.1 Å². The third-order valence-electron chi connectivity index (χ3n) is 2.50. The third kappa shape index (κ3) is 5.41. The highest BCUT2D eigenvalue weighted by Gasteiger charge is 2.21. The summed E-state index contributed by atoms with van der Waals surface area (Å²) in [6.45, 7) is 2.74. The SMILES string of the molecule is CC(C)(C#N)CNS(=O)(=O)c1ccc(OCC(=O)O)cc1. The van der Waals surface area contributed by atoms with Crippen LogP contribution in [0.3, 0.4) is 0 Å². The van der Waals surface area contributed by atoms with Crippen molar-refractivity contribution in [1.29, 1.82) is 5.26 Å². The predicted molar refractivity (Wildman–Crippen MR) is 74.2 cm³/mol. The summed E-state index contributed by atoms with van der Waals surface area (Å²) in [6.07, 6.45) is 0. The van der Waals surface area contributed by atoms with E-state index in [4.69, 9.17) is 15.1 Å². The Bertz CT molecular complexity index is 644. The molecule has 21 heavy (non-hydrogen) atoms. The smallest absolute Gasteiger partial charge is 0.341 e. The summed E-state index contributed by atoms with van der Waals surface area (Å²) in [6, 6.07) is 7.34. The number of nitriles is 1. The Labute approximate surface area is 123 Å². The summed E-state index contributed by atoms with van der Waals surface area (Å²) in [4.78, 5) is 10.4. The van der Waals surface area contributed by atoms with E-state index in [0.29, 0.717) is 0 Å². The quantitative estimate of drug-likeness (QED) is 0.775. The molecule has 0 saturated heterocycles. The number of hydrogen-bond donors (Lipinski definition) is 2. The number of nitrogens with zero attached hydrogens (tertiary/aromatic N) is 1. The van der Waals surface area contributed by atoms with Crippen molar-refractivity contribution in [2.24, 2.45) is 5.41 Å². The van der Waals surface area contributed by atoms with Crippen LogP contribution >= 0.6 is 0 Å². The lowest BCUT2D eigenvalue weighted by Gasteiger charge is -2.16. The molecular formula is C13H16N2O5S. The van der Waals surface area contributed by atoms with Gasteiger partial charge in [0.05, 0.1) is 16.4 Å². The number of hydrogen-bond acceptors (Lipinski definition) is 5. The van der Waals surface area contributed by atoms with Crippen molar-refractivity contribution in [1.82, 2.24) is 4.72 Å². The minimum atomic E-state index is -3.72. The van der Waals surface area contributed by atoms with E-state index >= 15 is 0 Å². The van der Waals surface area contributed by atoms with E-state index in [1.165, 1.54) is 24.3 Å². The number of benzene rings is 1. The first-order valence-electron chi connectivity index (χ1n) is 6.02. The first kappa shape index (κ1) is 16.9. The van der Waals surface area contributed by atoms with Crippen molar-refractivity contribution in [2.75, 3.05) is 13.2 Å². The van der Waals surface area contributed by atoms with Crippen molar-refractivity contribution in [3.8, 4) is 11.8 Å². The van der Waals surface area contributed by atoms with E-state index < -0.39 is 28.0 Å². The summed E-state index contributed by atoms with van der Waals surface area (Å²) in [5, 5.41) is 17.3. The number of sulfonamides is 1. The first-order valence-corrected chi connectivity index (χ1v) is 7.50. The number of carboxylic acid groups (broad SMARTS) is 1. The number of aliphatic carboxylic acids is 1. The number of ether oxygens (including phenoxy) is 1. The Hall–Kier alpha value is -2.11. The lowest BCUT2D eigenvalue weighted by Crippen LogP contribution is -2.33. The normalized spacial score (nSPS) is 11.7. The van der Waals surface area contributed by atoms with Gasteiger partial charge in [0, 0.05) is 6.54 Å². The van der Waals surface area contributed by atoms with Crippen LogP contribution in [0.15, 0.2) is 29.2 Å². The largest absolute Gasteiger partial charge is 0.482 e. The van der Waals surface area contributed by atoms with Crippen LogP contribution < -0.4 is 9.46 Å². The monoisotopic (exact) mass is 312 g/mol. The Kier molecular flexibility index (Phi) is 5.29. The van der Waals surface area contributed by atoms with Gasteiger partial charge in [0.1, 0.15) is 5.75 Å². The highest BCUT2D eigenvalue weighted by Crippen LogP contribution is 2.17. The van der Waals surface area contributed by atoms with Crippen LogP contribution in [0.1, 0.15) is 13.8 Å². The fourth-order valence-corrected chi connectivity index (χ4v) is 2.47. The maximum Gasteiger partial charge on any atom is 0.341 e. The van der Waals surface area contributed by atoms with Crippen molar-refractivity contribution >= 4 is 16.0 Å². The minimum Gasteiger partial charge on any atom is -0.482 e. The van der Waals surface area contributed by atoms with Crippen molar-refractivity contribution in [2.45, 2.75) is 18.7 Å². The standard InChI is InChI=1S/C13H16N2O5S/c1-13(2,8-14)9-15-21(18,19)11-5-3-10(4-6-11)20-7-12(16)17/h3-6,15H,7,9H2,1-2H3,(H,16,17). The molecule has 2 N–H and O–H groups in total. The molecular weight excluding hydrogens is 296 g/mol. The van der Waals surface area contributed by atoms with Gasteiger partial charge in [0.2, 0.25) is 10.0 Å². The fraction of sp³-hybridized carbons (Fsp3) is 0.385. The van der Waals surface area contributed by atoms with Crippen LogP contribution in [-0.4, -0.2) is 32.6 Å². The van der Waals surface area contributed by atoms with E-state index in [0.717, 1.165) is 0 Å². The molecule has 8 heteroatoms. The molecule has 114 valence electrons. The summed E-state index contributed by atoms with van der Waals surface area (Å²) in [5.41, 5.74) is -0.808. The molecule has 1 rings (SSSR count). The van der Waals surface area contributed by atoms with Crippen LogP contribution in [0.25, 0.3) is 0 Å². The molecule has 7 nitrogen and oxygen atoms in total. The van der Waals surface area contributed by atoms with E-state index in [1.807, 2.05) is 6.07 Å². The van der Waals surface area contributed by atoms with Gasteiger partial charge < -0.3 is 9.84 Å². The fourth-order valence-electron chi connectivity index (χ4n) is 1.26. The van der Waals surface area contributed by atoms with Crippen LogP contribution in [0.4, 0.5) is 0 Å². The van der Waals surface area contributed by atoms with Gasteiger partial charge in [-0.3, -0.25) is 0 Å². The molecule has 0 fully saturated rings. The molecule has 0 unspecified atom stereocenters. The zero-order valence-corrected chi connectivity index (χ0v) is 12.5. The molecule has 0 aromatic heterocycles. The number of carboxylic acids is 1. The van der Waals surface area contributed by atoms with Gasteiger partial charge in [0.25, 0.3) is 0 Å². The maximum absolute atomic E-state index is 12.0. The Morgan fingerprint density at radius 3 is 2.43 bits per heavy atom.